The van der Waals surface area contributed by atoms with Crippen LogP contribution in [-0.2, 0) is 11.2 Å². The van der Waals surface area contributed by atoms with E-state index in [0.29, 0.717) is 6.54 Å². The van der Waals surface area contributed by atoms with E-state index in [1.165, 1.54) is 5.56 Å². The summed E-state index contributed by atoms with van der Waals surface area (Å²) in [5.41, 5.74) is 2.25. The Bertz CT molecular complexity index is 560. The minimum atomic E-state index is 0.0300. The maximum Gasteiger partial charge on any atom is 0.222 e. The lowest BCUT2D eigenvalue weighted by Gasteiger charge is -2.06. The van der Waals surface area contributed by atoms with Gasteiger partial charge in [0.15, 0.2) is 0 Å². The summed E-state index contributed by atoms with van der Waals surface area (Å²) in [5.74, 6) is 0.121. The maximum atomic E-state index is 11.4. The van der Waals surface area contributed by atoms with E-state index in [1.807, 2.05) is 38.2 Å². The molecule has 0 atom stereocenters. The highest BCUT2D eigenvalue weighted by Gasteiger charge is 2.07. The second-order valence-electron chi connectivity index (χ2n) is 4.70. The van der Waals surface area contributed by atoms with E-state index in [2.05, 4.69) is 10.3 Å². The maximum absolute atomic E-state index is 11.4. The molecule has 0 saturated carbocycles. The molecule has 0 bridgehead atoms. The Balaban J connectivity index is 2.04. The van der Waals surface area contributed by atoms with Crippen molar-refractivity contribution >= 4 is 28.4 Å². The Hall–Kier alpha value is -1.48. The van der Waals surface area contributed by atoms with Crippen molar-refractivity contribution in [2.45, 2.75) is 20.3 Å². The van der Waals surface area contributed by atoms with Crippen molar-refractivity contribution in [3.05, 3.63) is 35.0 Å². The number of hydrogen-bond acceptors (Lipinski definition) is 1. The van der Waals surface area contributed by atoms with Crippen molar-refractivity contribution in [1.82, 2.24) is 10.3 Å². The van der Waals surface area contributed by atoms with Gasteiger partial charge in [0.2, 0.25) is 5.91 Å². The van der Waals surface area contributed by atoms with Crippen molar-refractivity contribution in [1.29, 1.82) is 0 Å². The van der Waals surface area contributed by atoms with Crippen LogP contribution in [0.4, 0.5) is 0 Å². The zero-order valence-corrected chi connectivity index (χ0v) is 11.3. The molecule has 1 aromatic heterocycles. The number of amides is 1. The molecule has 96 valence electrons. The predicted molar refractivity (Wildman–Crippen MR) is 74.9 cm³/mol. The minimum absolute atomic E-state index is 0.0300. The molecular formula is C14H17ClN2O. The largest absolute Gasteiger partial charge is 0.361 e. The van der Waals surface area contributed by atoms with Crippen LogP contribution < -0.4 is 5.32 Å². The summed E-state index contributed by atoms with van der Waals surface area (Å²) >= 11 is 5.99. The smallest absolute Gasteiger partial charge is 0.222 e. The van der Waals surface area contributed by atoms with E-state index >= 15 is 0 Å². The summed E-state index contributed by atoms with van der Waals surface area (Å²) in [6, 6.07) is 5.78. The molecule has 2 rings (SSSR count). The van der Waals surface area contributed by atoms with Crippen LogP contribution in [0.25, 0.3) is 10.9 Å². The average molecular weight is 265 g/mol. The Morgan fingerprint density at radius 3 is 2.94 bits per heavy atom. The SMILES string of the molecule is CC(C)C(=O)NCCc1c[nH]c2ccc(Cl)cc12. The van der Waals surface area contributed by atoms with E-state index in [4.69, 9.17) is 11.6 Å². The number of rotatable bonds is 4. The Morgan fingerprint density at radius 2 is 2.22 bits per heavy atom. The number of carbonyl (C=O) groups is 1. The van der Waals surface area contributed by atoms with E-state index in [1.54, 1.807) is 0 Å². The van der Waals surface area contributed by atoms with E-state index in [0.717, 1.165) is 22.3 Å². The van der Waals surface area contributed by atoms with Crippen molar-refractivity contribution in [2.24, 2.45) is 5.92 Å². The fourth-order valence-electron chi connectivity index (χ4n) is 1.88. The third kappa shape index (κ3) is 2.85. The highest BCUT2D eigenvalue weighted by molar-refractivity contribution is 6.31. The van der Waals surface area contributed by atoms with Gasteiger partial charge in [0, 0.05) is 34.6 Å². The Kier molecular flexibility index (Phi) is 3.92. The molecule has 2 aromatic rings. The first-order chi connectivity index (χ1) is 8.58. The number of aromatic amines is 1. The lowest BCUT2D eigenvalue weighted by atomic mass is 10.1. The molecule has 4 heteroatoms. The van der Waals surface area contributed by atoms with Gasteiger partial charge in [-0.3, -0.25) is 4.79 Å². The molecular weight excluding hydrogens is 248 g/mol. The fraction of sp³-hybridized carbons (Fsp3) is 0.357. The number of H-pyrrole nitrogens is 1. The molecule has 1 amide bonds. The van der Waals surface area contributed by atoms with Crippen LogP contribution in [0.15, 0.2) is 24.4 Å². The van der Waals surface area contributed by atoms with Crippen LogP contribution in [0.3, 0.4) is 0 Å². The standard InChI is InChI=1S/C14H17ClN2O/c1-9(2)14(18)16-6-5-10-8-17-13-4-3-11(15)7-12(10)13/h3-4,7-9,17H,5-6H2,1-2H3,(H,16,18). The first kappa shape index (κ1) is 13.0. The quantitative estimate of drug-likeness (QED) is 0.876. The third-order valence-electron chi connectivity index (χ3n) is 2.95. The van der Waals surface area contributed by atoms with Gasteiger partial charge in [0.05, 0.1) is 0 Å². The van der Waals surface area contributed by atoms with Gasteiger partial charge in [0.25, 0.3) is 0 Å². The van der Waals surface area contributed by atoms with Crippen LogP contribution >= 0.6 is 11.6 Å². The molecule has 0 unspecified atom stereocenters. The van der Waals surface area contributed by atoms with Crippen LogP contribution in [-0.4, -0.2) is 17.4 Å². The molecule has 0 aliphatic heterocycles. The molecule has 0 spiro atoms. The van der Waals surface area contributed by atoms with E-state index in [9.17, 15) is 4.79 Å². The van der Waals surface area contributed by atoms with Crippen LogP contribution in [0.5, 0.6) is 0 Å². The van der Waals surface area contributed by atoms with Gasteiger partial charge in [-0.2, -0.15) is 0 Å². The summed E-state index contributed by atoms with van der Waals surface area (Å²) in [7, 11) is 0. The van der Waals surface area contributed by atoms with Gasteiger partial charge in [-0.05, 0) is 30.2 Å². The number of fused-ring (bicyclic) bond motifs is 1. The molecule has 2 N–H and O–H groups in total. The number of halogens is 1. The average Bonchev–Trinajstić information content (AvgIpc) is 2.71. The van der Waals surface area contributed by atoms with Crippen LogP contribution in [0, 0.1) is 5.92 Å². The molecule has 0 saturated heterocycles. The van der Waals surface area contributed by atoms with Gasteiger partial charge in [-0.15, -0.1) is 0 Å². The van der Waals surface area contributed by atoms with Crippen LogP contribution in [0.1, 0.15) is 19.4 Å². The summed E-state index contributed by atoms with van der Waals surface area (Å²) < 4.78 is 0. The second-order valence-corrected chi connectivity index (χ2v) is 5.14. The number of nitrogens with one attached hydrogen (secondary N) is 2. The summed E-state index contributed by atoms with van der Waals surface area (Å²) in [5, 5.41) is 4.77. The predicted octanol–water partition coefficient (Wildman–Crippen LogP) is 3.14. The molecule has 18 heavy (non-hydrogen) atoms. The summed E-state index contributed by atoms with van der Waals surface area (Å²) in [6.45, 7) is 4.43. The monoisotopic (exact) mass is 264 g/mol. The van der Waals surface area contributed by atoms with Gasteiger partial charge in [-0.1, -0.05) is 25.4 Å². The van der Waals surface area contributed by atoms with Crippen molar-refractivity contribution in [3.63, 3.8) is 0 Å². The number of carbonyl (C=O) groups excluding carboxylic acids is 1. The second kappa shape index (κ2) is 5.44. The number of aromatic nitrogens is 1. The third-order valence-corrected chi connectivity index (χ3v) is 3.18. The fourth-order valence-corrected chi connectivity index (χ4v) is 2.05. The minimum Gasteiger partial charge on any atom is -0.361 e. The first-order valence-corrected chi connectivity index (χ1v) is 6.49. The zero-order chi connectivity index (χ0) is 13.1. The zero-order valence-electron chi connectivity index (χ0n) is 10.6. The lowest BCUT2D eigenvalue weighted by Crippen LogP contribution is -2.29. The van der Waals surface area contributed by atoms with E-state index < -0.39 is 0 Å². The lowest BCUT2D eigenvalue weighted by molar-refractivity contribution is -0.123. The Labute approximate surface area is 112 Å². The molecule has 0 aliphatic rings. The van der Waals surface area contributed by atoms with Crippen LogP contribution in [0.2, 0.25) is 5.02 Å². The molecule has 3 nitrogen and oxygen atoms in total. The highest BCUT2D eigenvalue weighted by atomic mass is 35.5. The first-order valence-electron chi connectivity index (χ1n) is 6.11. The molecule has 0 radical (unpaired) electrons. The topological polar surface area (TPSA) is 44.9 Å². The van der Waals surface area contributed by atoms with Crippen molar-refractivity contribution < 1.29 is 4.79 Å². The highest BCUT2D eigenvalue weighted by Crippen LogP contribution is 2.22. The molecule has 0 aliphatic carbocycles. The van der Waals surface area contributed by atoms with Crippen molar-refractivity contribution in [2.75, 3.05) is 6.54 Å². The molecule has 0 fully saturated rings. The Morgan fingerprint density at radius 1 is 1.44 bits per heavy atom. The summed E-state index contributed by atoms with van der Waals surface area (Å²) in [6.07, 6.45) is 2.78. The van der Waals surface area contributed by atoms with Gasteiger partial charge >= 0.3 is 0 Å². The van der Waals surface area contributed by atoms with Gasteiger partial charge in [0.1, 0.15) is 0 Å². The van der Waals surface area contributed by atoms with E-state index in [-0.39, 0.29) is 11.8 Å². The van der Waals surface area contributed by atoms with Gasteiger partial charge < -0.3 is 10.3 Å². The normalized spacial score (nSPS) is 11.1. The summed E-state index contributed by atoms with van der Waals surface area (Å²) in [4.78, 5) is 14.7. The number of benzene rings is 1. The number of hydrogen-bond donors (Lipinski definition) is 2. The molecule has 1 aromatic carbocycles. The molecule has 1 heterocycles. The van der Waals surface area contributed by atoms with Gasteiger partial charge in [-0.25, -0.2) is 0 Å². The van der Waals surface area contributed by atoms with Crippen molar-refractivity contribution in [3.8, 4) is 0 Å².